The van der Waals surface area contributed by atoms with Gasteiger partial charge in [-0.15, -0.1) is 0 Å². The van der Waals surface area contributed by atoms with E-state index in [1.807, 2.05) is 30.7 Å². The van der Waals surface area contributed by atoms with Crippen LogP contribution in [0.3, 0.4) is 0 Å². The van der Waals surface area contributed by atoms with E-state index >= 15 is 0 Å². The van der Waals surface area contributed by atoms with Crippen molar-refractivity contribution >= 4 is 11.8 Å². The lowest BCUT2D eigenvalue weighted by atomic mass is 10.0. The SMILES string of the molecule is CN(c1ccnc(N2CCOCC2)n1)C1CCCN(Cc2cccnc2)C1. The van der Waals surface area contributed by atoms with E-state index in [0.29, 0.717) is 6.04 Å². The minimum absolute atomic E-state index is 0.461. The summed E-state index contributed by atoms with van der Waals surface area (Å²) in [5.41, 5.74) is 1.28. The molecule has 4 heterocycles. The second kappa shape index (κ2) is 8.63. The van der Waals surface area contributed by atoms with Crippen LogP contribution in [-0.4, -0.2) is 72.3 Å². The summed E-state index contributed by atoms with van der Waals surface area (Å²) in [5.74, 6) is 1.81. The van der Waals surface area contributed by atoms with Gasteiger partial charge in [-0.2, -0.15) is 4.98 Å². The van der Waals surface area contributed by atoms with Crippen LogP contribution >= 0.6 is 0 Å². The number of rotatable bonds is 5. The molecule has 0 spiro atoms. The van der Waals surface area contributed by atoms with Crippen LogP contribution in [-0.2, 0) is 11.3 Å². The molecule has 0 aliphatic carbocycles. The summed E-state index contributed by atoms with van der Waals surface area (Å²) in [5, 5.41) is 0. The van der Waals surface area contributed by atoms with Crippen LogP contribution in [0, 0.1) is 0 Å². The molecular weight excluding hydrogens is 340 g/mol. The smallest absolute Gasteiger partial charge is 0.227 e. The molecule has 7 heteroatoms. The number of aromatic nitrogens is 3. The Kier molecular flexibility index (Phi) is 5.79. The van der Waals surface area contributed by atoms with Gasteiger partial charge >= 0.3 is 0 Å². The molecule has 0 amide bonds. The topological polar surface area (TPSA) is 57.6 Å². The van der Waals surface area contributed by atoms with Crippen molar-refractivity contribution < 1.29 is 4.74 Å². The number of ether oxygens (including phenoxy) is 1. The number of pyridine rings is 1. The van der Waals surface area contributed by atoms with Crippen LogP contribution in [0.4, 0.5) is 11.8 Å². The number of hydrogen-bond donors (Lipinski definition) is 0. The van der Waals surface area contributed by atoms with Gasteiger partial charge < -0.3 is 14.5 Å². The van der Waals surface area contributed by atoms with Crippen molar-refractivity contribution in [2.75, 3.05) is 56.2 Å². The normalized spacial score (nSPS) is 21.2. The van der Waals surface area contributed by atoms with E-state index < -0.39 is 0 Å². The van der Waals surface area contributed by atoms with Crippen molar-refractivity contribution in [3.63, 3.8) is 0 Å². The van der Waals surface area contributed by atoms with Gasteiger partial charge in [0, 0.05) is 57.9 Å². The second-order valence-electron chi connectivity index (χ2n) is 7.32. The van der Waals surface area contributed by atoms with E-state index in [4.69, 9.17) is 9.72 Å². The van der Waals surface area contributed by atoms with E-state index in [9.17, 15) is 0 Å². The summed E-state index contributed by atoms with van der Waals surface area (Å²) in [6, 6.07) is 6.64. The molecule has 7 nitrogen and oxygen atoms in total. The average Bonchev–Trinajstić information content (AvgIpc) is 2.75. The monoisotopic (exact) mass is 368 g/mol. The molecular formula is C20H28N6O. The number of anilines is 2. The number of nitrogens with zero attached hydrogens (tertiary/aromatic N) is 6. The summed E-state index contributed by atoms with van der Waals surface area (Å²) in [6.45, 7) is 6.35. The Morgan fingerprint density at radius 2 is 2.07 bits per heavy atom. The van der Waals surface area contributed by atoms with Crippen LogP contribution < -0.4 is 9.80 Å². The van der Waals surface area contributed by atoms with Gasteiger partial charge in [0.2, 0.25) is 5.95 Å². The Morgan fingerprint density at radius 1 is 1.19 bits per heavy atom. The van der Waals surface area contributed by atoms with Gasteiger partial charge in [-0.05, 0) is 37.1 Å². The molecule has 0 N–H and O–H groups in total. The first-order valence-corrected chi connectivity index (χ1v) is 9.79. The Balaban J connectivity index is 1.41. The first-order chi connectivity index (χ1) is 13.3. The molecule has 4 rings (SSSR count). The molecule has 144 valence electrons. The molecule has 27 heavy (non-hydrogen) atoms. The van der Waals surface area contributed by atoms with Gasteiger partial charge in [0.1, 0.15) is 5.82 Å². The van der Waals surface area contributed by atoms with Gasteiger partial charge in [-0.3, -0.25) is 9.88 Å². The van der Waals surface area contributed by atoms with Gasteiger partial charge in [0.25, 0.3) is 0 Å². The lowest BCUT2D eigenvalue weighted by Crippen LogP contribution is -2.46. The molecule has 2 fully saturated rings. The fourth-order valence-corrected chi connectivity index (χ4v) is 3.88. The van der Waals surface area contributed by atoms with E-state index in [1.165, 1.54) is 18.4 Å². The van der Waals surface area contributed by atoms with E-state index in [2.05, 4.69) is 37.8 Å². The highest BCUT2D eigenvalue weighted by molar-refractivity contribution is 5.44. The molecule has 0 bridgehead atoms. The molecule has 1 unspecified atom stereocenters. The van der Waals surface area contributed by atoms with Crippen LogP contribution in [0.2, 0.25) is 0 Å². The Labute approximate surface area is 161 Å². The standard InChI is InChI=1S/C20H28N6O/c1-24(19-6-8-22-20(23-19)26-10-12-27-13-11-26)18-5-3-9-25(16-18)15-17-4-2-7-21-14-17/h2,4,6-8,14,18H,3,5,9-13,15-16H2,1H3. The lowest BCUT2D eigenvalue weighted by Gasteiger charge is -2.38. The molecule has 2 saturated heterocycles. The Bertz CT molecular complexity index is 721. The molecule has 0 radical (unpaired) electrons. The highest BCUT2D eigenvalue weighted by atomic mass is 16.5. The van der Waals surface area contributed by atoms with Gasteiger partial charge in [-0.1, -0.05) is 6.07 Å². The molecule has 0 aromatic carbocycles. The van der Waals surface area contributed by atoms with Crippen molar-refractivity contribution in [3.05, 3.63) is 42.4 Å². The number of likely N-dealkylation sites (tertiary alicyclic amines) is 1. The summed E-state index contributed by atoms with van der Waals surface area (Å²) in [7, 11) is 2.16. The number of likely N-dealkylation sites (N-methyl/N-ethyl adjacent to an activating group) is 1. The van der Waals surface area contributed by atoms with Crippen molar-refractivity contribution in [1.29, 1.82) is 0 Å². The molecule has 1 atom stereocenters. The van der Waals surface area contributed by atoms with Crippen LogP contribution in [0.1, 0.15) is 18.4 Å². The van der Waals surface area contributed by atoms with Gasteiger partial charge in [0.15, 0.2) is 0 Å². The minimum Gasteiger partial charge on any atom is -0.378 e. The highest BCUT2D eigenvalue weighted by Crippen LogP contribution is 2.22. The number of piperidine rings is 1. The maximum atomic E-state index is 5.44. The molecule has 0 saturated carbocycles. The van der Waals surface area contributed by atoms with Crippen LogP contribution in [0.25, 0.3) is 0 Å². The Morgan fingerprint density at radius 3 is 2.89 bits per heavy atom. The molecule has 2 aliphatic heterocycles. The molecule has 2 aliphatic rings. The lowest BCUT2D eigenvalue weighted by molar-refractivity contribution is 0.122. The second-order valence-corrected chi connectivity index (χ2v) is 7.32. The summed E-state index contributed by atoms with van der Waals surface area (Å²) >= 11 is 0. The summed E-state index contributed by atoms with van der Waals surface area (Å²) in [4.78, 5) is 20.6. The van der Waals surface area contributed by atoms with Crippen molar-refractivity contribution in [3.8, 4) is 0 Å². The third-order valence-corrected chi connectivity index (χ3v) is 5.44. The average molecular weight is 368 g/mol. The van der Waals surface area contributed by atoms with E-state index in [-0.39, 0.29) is 0 Å². The number of hydrogen-bond acceptors (Lipinski definition) is 7. The summed E-state index contributed by atoms with van der Waals surface area (Å²) in [6.07, 6.45) is 8.07. The minimum atomic E-state index is 0.461. The zero-order valence-corrected chi connectivity index (χ0v) is 16.0. The predicted octanol–water partition coefficient (Wildman–Crippen LogP) is 1.81. The van der Waals surface area contributed by atoms with Gasteiger partial charge in [0.05, 0.1) is 13.2 Å². The fourth-order valence-electron chi connectivity index (χ4n) is 3.88. The Hall–Kier alpha value is -2.25. The van der Waals surface area contributed by atoms with Crippen LogP contribution in [0.5, 0.6) is 0 Å². The summed E-state index contributed by atoms with van der Waals surface area (Å²) < 4.78 is 5.44. The van der Waals surface area contributed by atoms with E-state index in [1.54, 1.807) is 0 Å². The first-order valence-electron chi connectivity index (χ1n) is 9.79. The zero-order valence-electron chi connectivity index (χ0n) is 16.0. The quantitative estimate of drug-likeness (QED) is 0.798. The largest absolute Gasteiger partial charge is 0.378 e. The third kappa shape index (κ3) is 4.54. The molecule has 2 aromatic heterocycles. The van der Waals surface area contributed by atoms with Gasteiger partial charge in [-0.25, -0.2) is 4.98 Å². The fraction of sp³-hybridized carbons (Fsp3) is 0.550. The predicted molar refractivity (Wildman–Crippen MR) is 106 cm³/mol. The maximum absolute atomic E-state index is 5.44. The number of morpholine rings is 1. The van der Waals surface area contributed by atoms with Crippen LogP contribution in [0.15, 0.2) is 36.8 Å². The van der Waals surface area contributed by atoms with Crippen molar-refractivity contribution in [2.45, 2.75) is 25.4 Å². The zero-order chi connectivity index (χ0) is 18.5. The molecule has 2 aromatic rings. The highest BCUT2D eigenvalue weighted by Gasteiger charge is 2.25. The van der Waals surface area contributed by atoms with Crippen molar-refractivity contribution in [1.82, 2.24) is 19.9 Å². The third-order valence-electron chi connectivity index (χ3n) is 5.44. The van der Waals surface area contributed by atoms with E-state index in [0.717, 1.165) is 57.7 Å². The first kappa shape index (κ1) is 18.1. The maximum Gasteiger partial charge on any atom is 0.227 e. The van der Waals surface area contributed by atoms with Crippen molar-refractivity contribution in [2.24, 2.45) is 0 Å².